The summed E-state index contributed by atoms with van der Waals surface area (Å²) in [4.78, 5) is 28.0. The maximum absolute atomic E-state index is 13.4. The number of benzene rings is 2. The zero-order chi connectivity index (χ0) is 24.4. The molecule has 0 fully saturated rings. The van der Waals surface area contributed by atoms with Crippen molar-refractivity contribution in [3.8, 4) is 0 Å². The van der Waals surface area contributed by atoms with E-state index in [0.29, 0.717) is 18.5 Å². The molecule has 2 amide bonds. The van der Waals surface area contributed by atoms with Gasteiger partial charge in [-0.25, -0.2) is 13.1 Å². The largest absolute Gasteiger partial charge is 0.339 e. The summed E-state index contributed by atoms with van der Waals surface area (Å²) >= 11 is 0. The van der Waals surface area contributed by atoms with Crippen LogP contribution in [0.3, 0.4) is 0 Å². The smallest absolute Gasteiger partial charge is 0.257 e. The van der Waals surface area contributed by atoms with Gasteiger partial charge in [-0.1, -0.05) is 74.5 Å². The molecule has 1 atom stereocenters. The monoisotopic (exact) mass is 470 g/mol. The van der Waals surface area contributed by atoms with Crippen LogP contribution < -0.4 is 4.72 Å². The van der Waals surface area contributed by atoms with Crippen LogP contribution in [0.1, 0.15) is 45.2 Å². The molecule has 0 bridgehead atoms. The van der Waals surface area contributed by atoms with E-state index in [0.717, 1.165) is 11.0 Å². The minimum absolute atomic E-state index is 0.0374. The van der Waals surface area contributed by atoms with Crippen molar-refractivity contribution < 1.29 is 18.0 Å². The molecule has 0 aliphatic rings. The molecule has 33 heavy (non-hydrogen) atoms. The second-order valence-electron chi connectivity index (χ2n) is 8.77. The molecule has 0 spiro atoms. The van der Waals surface area contributed by atoms with E-state index in [1.807, 2.05) is 64.1 Å². The Labute approximate surface area is 197 Å². The van der Waals surface area contributed by atoms with E-state index in [9.17, 15) is 18.0 Å². The Kier molecular flexibility index (Phi) is 9.85. The summed E-state index contributed by atoms with van der Waals surface area (Å²) in [6.07, 6.45) is 2.32. The first-order valence-corrected chi connectivity index (χ1v) is 12.8. The molecule has 1 unspecified atom stereocenters. The van der Waals surface area contributed by atoms with Gasteiger partial charge in [0.2, 0.25) is 11.8 Å². The molecule has 2 aromatic carbocycles. The molecule has 0 aliphatic carbocycles. The van der Waals surface area contributed by atoms with Gasteiger partial charge in [-0.05, 0) is 49.8 Å². The Morgan fingerprint density at radius 1 is 0.939 bits per heavy atom. The molecule has 178 valence electrons. The van der Waals surface area contributed by atoms with Crippen molar-refractivity contribution in [2.45, 2.75) is 46.6 Å². The molecule has 0 heterocycles. The van der Waals surface area contributed by atoms with E-state index in [1.165, 1.54) is 6.08 Å². The summed E-state index contributed by atoms with van der Waals surface area (Å²) in [5.74, 6) is -2.19. The van der Waals surface area contributed by atoms with Gasteiger partial charge in [-0.15, -0.1) is 0 Å². The highest BCUT2D eigenvalue weighted by atomic mass is 32.2. The molecular formula is C26H34N2O4S. The summed E-state index contributed by atoms with van der Waals surface area (Å²) in [6, 6.07) is 18.6. The number of nitrogens with one attached hydrogen (secondary N) is 1. The van der Waals surface area contributed by atoms with Crippen molar-refractivity contribution in [1.82, 2.24) is 9.62 Å². The zero-order valence-corrected chi connectivity index (χ0v) is 20.6. The van der Waals surface area contributed by atoms with Gasteiger partial charge >= 0.3 is 0 Å². The van der Waals surface area contributed by atoms with Crippen LogP contribution in [0.15, 0.2) is 66.1 Å². The summed E-state index contributed by atoms with van der Waals surface area (Å²) in [7, 11) is -4.05. The van der Waals surface area contributed by atoms with Gasteiger partial charge in [-0.3, -0.25) is 9.59 Å². The summed E-state index contributed by atoms with van der Waals surface area (Å²) in [5.41, 5.74) is 1.78. The summed E-state index contributed by atoms with van der Waals surface area (Å²) in [6.45, 7) is 8.05. The summed E-state index contributed by atoms with van der Waals surface area (Å²) < 4.78 is 27.1. The molecule has 0 aromatic heterocycles. The average molecular weight is 471 g/mol. The first kappa shape index (κ1) is 26.3. The van der Waals surface area contributed by atoms with Crippen molar-refractivity contribution in [2.75, 3.05) is 6.54 Å². The van der Waals surface area contributed by atoms with Crippen molar-refractivity contribution in [3.63, 3.8) is 0 Å². The molecule has 2 aromatic rings. The SMILES string of the molecule is CC(C)CC(C(=O)NS(=O)(=O)C=Cc1ccccc1)C(=O)N(CCc1ccccc1)C(C)C. The van der Waals surface area contributed by atoms with Crippen LogP contribution in [0.4, 0.5) is 0 Å². The molecule has 0 saturated heterocycles. The topological polar surface area (TPSA) is 83.5 Å². The van der Waals surface area contributed by atoms with Crippen LogP contribution in [0.25, 0.3) is 6.08 Å². The fourth-order valence-corrected chi connectivity index (χ4v) is 4.31. The summed E-state index contributed by atoms with van der Waals surface area (Å²) in [5, 5.41) is 0.951. The quantitative estimate of drug-likeness (QED) is 0.498. The van der Waals surface area contributed by atoms with Crippen molar-refractivity contribution >= 4 is 27.9 Å². The van der Waals surface area contributed by atoms with E-state index >= 15 is 0 Å². The standard InChI is InChI=1S/C26H34N2O4S/c1-20(2)19-24(25(29)27-33(31,32)18-16-23-13-9-6-10-14-23)26(30)28(21(3)4)17-15-22-11-7-5-8-12-22/h5-14,16,18,20-21,24H,15,17,19H2,1-4H3,(H,27,29). The van der Waals surface area contributed by atoms with E-state index in [-0.39, 0.29) is 24.3 Å². The molecule has 2 rings (SSSR count). The molecule has 1 N–H and O–H groups in total. The zero-order valence-electron chi connectivity index (χ0n) is 19.8. The second-order valence-corrected chi connectivity index (χ2v) is 10.3. The van der Waals surface area contributed by atoms with E-state index in [2.05, 4.69) is 4.72 Å². The Balaban J connectivity index is 2.16. The molecule has 0 radical (unpaired) electrons. The van der Waals surface area contributed by atoms with Crippen molar-refractivity contribution in [3.05, 3.63) is 77.2 Å². The van der Waals surface area contributed by atoms with Crippen LogP contribution in [0.2, 0.25) is 0 Å². The van der Waals surface area contributed by atoms with Gasteiger partial charge < -0.3 is 4.90 Å². The third-order valence-corrected chi connectivity index (χ3v) is 6.17. The van der Waals surface area contributed by atoms with Gasteiger partial charge in [0, 0.05) is 12.6 Å². The molecule has 0 saturated carbocycles. The van der Waals surface area contributed by atoms with Crippen molar-refractivity contribution in [1.29, 1.82) is 0 Å². The van der Waals surface area contributed by atoms with E-state index in [4.69, 9.17) is 0 Å². The number of amides is 2. The maximum atomic E-state index is 13.4. The fraction of sp³-hybridized carbons (Fsp3) is 0.385. The fourth-order valence-electron chi connectivity index (χ4n) is 3.49. The van der Waals surface area contributed by atoms with Crippen molar-refractivity contribution in [2.24, 2.45) is 11.8 Å². The molecule has 0 aliphatic heterocycles. The van der Waals surface area contributed by atoms with Crippen LogP contribution in [0.5, 0.6) is 0 Å². The number of sulfonamides is 1. The predicted molar refractivity (Wildman–Crippen MR) is 132 cm³/mol. The molecular weight excluding hydrogens is 436 g/mol. The lowest BCUT2D eigenvalue weighted by Crippen LogP contribution is -2.48. The number of rotatable bonds is 11. The van der Waals surface area contributed by atoms with Crippen LogP contribution in [-0.2, 0) is 26.0 Å². The highest BCUT2D eigenvalue weighted by molar-refractivity contribution is 7.93. The van der Waals surface area contributed by atoms with Gasteiger partial charge in [0.25, 0.3) is 10.0 Å². The molecule has 7 heteroatoms. The van der Waals surface area contributed by atoms with Gasteiger partial charge in [-0.2, -0.15) is 0 Å². The number of nitrogens with zero attached hydrogens (tertiary/aromatic N) is 1. The van der Waals surface area contributed by atoms with Gasteiger partial charge in [0.05, 0.1) is 5.41 Å². The predicted octanol–water partition coefficient (Wildman–Crippen LogP) is 4.25. The second kappa shape index (κ2) is 12.3. The third kappa shape index (κ3) is 8.85. The Morgan fingerprint density at radius 2 is 1.52 bits per heavy atom. The number of carbonyl (C=O) groups excluding carboxylic acids is 2. The Morgan fingerprint density at radius 3 is 2.06 bits per heavy atom. The third-order valence-electron chi connectivity index (χ3n) is 5.19. The van der Waals surface area contributed by atoms with Gasteiger partial charge in [0.15, 0.2) is 0 Å². The van der Waals surface area contributed by atoms with Crippen LogP contribution >= 0.6 is 0 Å². The number of hydrogen-bond donors (Lipinski definition) is 1. The number of hydrogen-bond acceptors (Lipinski definition) is 4. The number of carbonyl (C=O) groups is 2. The molecule has 6 nitrogen and oxygen atoms in total. The lowest BCUT2D eigenvalue weighted by Gasteiger charge is -2.31. The Hall–Kier alpha value is -2.93. The first-order valence-electron chi connectivity index (χ1n) is 11.2. The highest BCUT2D eigenvalue weighted by Gasteiger charge is 2.34. The van der Waals surface area contributed by atoms with E-state index in [1.54, 1.807) is 29.2 Å². The highest BCUT2D eigenvalue weighted by Crippen LogP contribution is 2.18. The van der Waals surface area contributed by atoms with Crippen LogP contribution in [0, 0.1) is 11.8 Å². The average Bonchev–Trinajstić information content (AvgIpc) is 2.77. The minimum Gasteiger partial charge on any atom is -0.339 e. The minimum atomic E-state index is -4.05. The maximum Gasteiger partial charge on any atom is 0.257 e. The lowest BCUT2D eigenvalue weighted by molar-refractivity contribution is -0.143. The normalized spacial score (nSPS) is 12.8. The van der Waals surface area contributed by atoms with E-state index < -0.39 is 21.8 Å². The Bertz CT molecular complexity index is 1030. The van der Waals surface area contributed by atoms with Gasteiger partial charge in [0.1, 0.15) is 5.92 Å². The lowest BCUT2D eigenvalue weighted by atomic mass is 9.94. The van der Waals surface area contributed by atoms with Crippen LogP contribution in [-0.4, -0.2) is 37.7 Å². The first-order chi connectivity index (χ1) is 15.6.